The average Bonchev–Trinajstić information content (AvgIpc) is 2.98. The SMILES string of the molecule is CN(Cc1cscn1)C(=O)c1nc(C(=O)O)cs1. The monoisotopic (exact) mass is 283 g/mol. The maximum atomic E-state index is 12.0. The van der Waals surface area contributed by atoms with Crippen LogP contribution in [-0.4, -0.2) is 38.9 Å². The number of rotatable bonds is 4. The number of carboxylic acid groups (broad SMARTS) is 1. The van der Waals surface area contributed by atoms with Gasteiger partial charge in [0.15, 0.2) is 10.7 Å². The van der Waals surface area contributed by atoms with Crippen molar-refractivity contribution >= 4 is 34.6 Å². The third-order valence-electron chi connectivity index (χ3n) is 2.14. The summed E-state index contributed by atoms with van der Waals surface area (Å²) in [6.45, 7) is 0.379. The highest BCUT2D eigenvalue weighted by Gasteiger charge is 2.18. The minimum absolute atomic E-state index is 0.106. The molecule has 0 saturated carbocycles. The summed E-state index contributed by atoms with van der Waals surface area (Å²) in [6, 6.07) is 0. The van der Waals surface area contributed by atoms with Gasteiger partial charge in [-0.1, -0.05) is 0 Å². The molecule has 0 spiro atoms. The van der Waals surface area contributed by atoms with Crippen molar-refractivity contribution in [1.82, 2.24) is 14.9 Å². The number of amides is 1. The third-order valence-corrected chi connectivity index (χ3v) is 3.60. The van der Waals surface area contributed by atoms with Crippen LogP contribution in [0.25, 0.3) is 0 Å². The second-order valence-electron chi connectivity index (χ2n) is 3.48. The van der Waals surface area contributed by atoms with Gasteiger partial charge >= 0.3 is 5.97 Å². The van der Waals surface area contributed by atoms with Crippen LogP contribution < -0.4 is 0 Å². The van der Waals surface area contributed by atoms with E-state index >= 15 is 0 Å². The first-order valence-corrected chi connectivity index (χ1v) is 6.71. The van der Waals surface area contributed by atoms with Crippen LogP contribution in [0.2, 0.25) is 0 Å². The summed E-state index contributed by atoms with van der Waals surface area (Å²) < 4.78 is 0. The van der Waals surface area contributed by atoms with Crippen molar-refractivity contribution in [3.8, 4) is 0 Å². The number of hydrogen-bond donors (Lipinski definition) is 1. The van der Waals surface area contributed by atoms with Crippen LogP contribution in [0.1, 0.15) is 26.0 Å². The minimum Gasteiger partial charge on any atom is -0.476 e. The molecule has 0 atom stereocenters. The first-order chi connectivity index (χ1) is 8.58. The quantitative estimate of drug-likeness (QED) is 0.920. The fourth-order valence-electron chi connectivity index (χ4n) is 1.26. The molecule has 2 aromatic heterocycles. The molecule has 1 N–H and O–H groups in total. The summed E-state index contributed by atoms with van der Waals surface area (Å²) in [5.41, 5.74) is 2.39. The van der Waals surface area contributed by atoms with Crippen molar-refractivity contribution in [2.45, 2.75) is 6.54 Å². The molecule has 2 rings (SSSR count). The molecule has 0 aliphatic rings. The number of hydrogen-bond acceptors (Lipinski definition) is 6. The summed E-state index contributed by atoms with van der Waals surface area (Å²) >= 11 is 2.48. The predicted octanol–water partition coefficient (Wildman–Crippen LogP) is 1.57. The maximum absolute atomic E-state index is 12.0. The molecule has 0 radical (unpaired) electrons. The van der Waals surface area contributed by atoms with E-state index in [-0.39, 0.29) is 16.6 Å². The van der Waals surface area contributed by atoms with Gasteiger partial charge in [0.2, 0.25) is 0 Å². The first-order valence-electron chi connectivity index (χ1n) is 4.89. The lowest BCUT2D eigenvalue weighted by Crippen LogP contribution is -2.26. The molecule has 6 nitrogen and oxygen atoms in total. The van der Waals surface area contributed by atoms with E-state index < -0.39 is 5.97 Å². The number of aromatic carboxylic acids is 1. The number of carboxylic acids is 1. The van der Waals surface area contributed by atoms with Crippen LogP contribution in [0.5, 0.6) is 0 Å². The highest BCUT2D eigenvalue weighted by Crippen LogP contribution is 2.13. The van der Waals surface area contributed by atoms with Crippen LogP contribution in [0, 0.1) is 0 Å². The van der Waals surface area contributed by atoms with Crippen molar-refractivity contribution in [2.24, 2.45) is 0 Å². The Hall–Kier alpha value is -1.80. The Kier molecular flexibility index (Phi) is 3.68. The van der Waals surface area contributed by atoms with Gasteiger partial charge in [0.05, 0.1) is 17.7 Å². The second kappa shape index (κ2) is 5.23. The molecule has 0 aliphatic heterocycles. The van der Waals surface area contributed by atoms with Crippen LogP contribution >= 0.6 is 22.7 Å². The highest BCUT2D eigenvalue weighted by atomic mass is 32.1. The minimum atomic E-state index is -1.13. The van der Waals surface area contributed by atoms with E-state index in [1.807, 2.05) is 5.38 Å². The molecule has 0 aliphatic carbocycles. The summed E-state index contributed by atoms with van der Waals surface area (Å²) in [5.74, 6) is -1.44. The molecule has 0 bridgehead atoms. The molecule has 2 heterocycles. The normalized spacial score (nSPS) is 10.3. The van der Waals surface area contributed by atoms with Gasteiger partial charge in [-0.05, 0) is 0 Å². The Bertz CT molecular complexity index is 565. The van der Waals surface area contributed by atoms with Crippen molar-refractivity contribution in [2.75, 3.05) is 7.05 Å². The Labute approximate surface area is 111 Å². The lowest BCUT2D eigenvalue weighted by Gasteiger charge is -2.13. The molecule has 1 amide bonds. The summed E-state index contributed by atoms with van der Waals surface area (Å²) in [5, 5.41) is 12.1. The summed E-state index contributed by atoms with van der Waals surface area (Å²) in [4.78, 5) is 31.9. The lowest BCUT2D eigenvalue weighted by atomic mass is 10.4. The second-order valence-corrected chi connectivity index (χ2v) is 5.06. The number of carbonyl (C=O) groups is 2. The van der Waals surface area contributed by atoms with Crippen LogP contribution in [0.4, 0.5) is 0 Å². The molecule has 0 aromatic carbocycles. The van der Waals surface area contributed by atoms with Crippen molar-refractivity contribution in [3.63, 3.8) is 0 Å². The fourth-order valence-corrected chi connectivity index (χ4v) is 2.60. The van der Waals surface area contributed by atoms with Gasteiger partial charge in [-0.15, -0.1) is 22.7 Å². The van der Waals surface area contributed by atoms with Gasteiger partial charge < -0.3 is 10.0 Å². The Balaban J connectivity index is 2.08. The number of aromatic nitrogens is 2. The number of thiazole rings is 2. The van der Waals surface area contributed by atoms with Crippen molar-refractivity contribution in [3.05, 3.63) is 32.7 Å². The molecule has 94 valence electrons. The Morgan fingerprint density at radius 2 is 2.22 bits per heavy atom. The molecule has 0 saturated heterocycles. The molecular formula is C10H9N3O3S2. The zero-order chi connectivity index (χ0) is 13.1. The van der Waals surface area contributed by atoms with Crippen molar-refractivity contribution in [1.29, 1.82) is 0 Å². The average molecular weight is 283 g/mol. The van der Waals surface area contributed by atoms with E-state index in [9.17, 15) is 9.59 Å². The van der Waals surface area contributed by atoms with E-state index in [4.69, 9.17) is 5.11 Å². The first kappa shape index (κ1) is 12.7. The highest BCUT2D eigenvalue weighted by molar-refractivity contribution is 7.11. The van der Waals surface area contributed by atoms with Gasteiger partial charge in [0.25, 0.3) is 5.91 Å². The van der Waals surface area contributed by atoms with Crippen molar-refractivity contribution < 1.29 is 14.7 Å². The zero-order valence-corrected chi connectivity index (χ0v) is 11.0. The molecular weight excluding hydrogens is 274 g/mol. The number of carbonyl (C=O) groups excluding carboxylic acids is 1. The van der Waals surface area contributed by atoms with E-state index in [1.54, 1.807) is 12.6 Å². The third kappa shape index (κ3) is 2.71. The van der Waals surface area contributed by atoms with Gasteiger partial charge in [-0.25, -0.2) is 14.8 Å². The van der Waals surface area contributed by atoms with E-state index in [0.29, 0.717) is 6.54 Å². The zero-order valence-electron chi connectivity index (χ0n) is 9.36. The number of nitrogens with zero attached hydrogens (tertiary/aromatic N) is 3. The van der Waals surface area contributed by atoms with Crippen LogP contribution in [-0.2, 0) is 6.54 Å². The molecule has 0 unspecified atom stereocenters. The van der Waals surface area contributed by atoms with E-state index in [1.165, 1.54) is 21.6 Å². The van der Waals surface area contributed by atoms with E-state index in [2.05, 4.69) is 9.97 Å². The van der Waals surface area contributed by atoms with Crippen LogP contribution in [0.3, 0.4) is 0 Å². The standard InChI is InChI=1S/C10H9N3O3S2/c1-13(2-6-3-17-5-11-6)9(14)8-12-7(4-18-8)10(15)16/h3-5H,2H2,1H3,(H,15,16). The maximum Gasteiger partial charge on any atom is 0.355 e. The lowest BCUT2D eigenvalue weighted by molar-refractivity contribution is 0.0691. The van der Waals surface area contributed by atoms with Crippen LogP contribution in [0.15, 0.2) is 16.3 Å². The van der Waals surface area contributed by atoms with Gasteiger partial charge in [-0.3, -0.25) is 4.79 Å². The van der Waals surface area contributed by atoms with Gasteiger partial charge in [0.1, 0.15) is 0 Å². The topological polar surface area (TPSA) is 83.4 Å². The Morgan fingerprint density at radius 1 is 1.44 bits per heavy atom. The van der Waals surface area contributed by atoms with Gasteiger partial charge in [-0.2, -0.15) is 0 Å². The molecule has 18 heavy (non-hydrogen) atoms. The summed E-state index contributed by atoms with van der Waals surface area (Å²) in [6.07, 6.45) is 0. The molecule has 0 fully saturated rings. The fraction of sp³-hybridized carbons (Fsp3) is 0.200. The smallest absolute Gasteiger partial charge is 0.355 e. The molecule has 2 aromatic rings. The predicted molar refractivity (Wildman–Crippen MR) is 67.0 cm³/mol. The summed E-state index contributed by atoms with van der Waals surface area (Å²) in [7, 11) is 1.63. The molecule has 8 heteroatoms. The Morgan fingerprint density at radius 3 is 2.78 bits per heavy atom. The van der Waals surface area contributed by atoms with E-state index in [0.717, 1.165) is 17.0 Å². The largest absolute Gasteiger partial charge is 0.476 e. The van der Waals surface area contributed by atoms with Gasteiger partial charge in [0, 0.05) is 17.8 Å².